The van der Waals surface area contributed by atoms with Gasteiger partial charge in [-0.25, -0.2) is 8.42 Å². The molecule has 1 aromatic heterocycles. The fourth-order valence-electron chi connectivity index (χ4n) is 4.87. The number of piperidine rings is 1. The molecule has 1 N–H and O–H groups in total. The van der Waals surface area contributed by atoms with Gasteiger partial charge in [0.05, 0.1) is 4.90 Å². The van der Waals surface area contributed by atoms with Crippen LogP contribution in [-0.2, 0) is 14.8 Å². The van der Waals surface area contributed by atoms with Crippen molar-refractivity contribution in [2.24, 2.45) is 5.92 Å². The Kier molecular flexibility index (Phi) is 8.02. The van der Waals surface area contributed by atoms with Gasteiger partial charge >= 0.3 is 29.6 Å². The number of amides is 1. The van der Waals surface area contributed by atoms with Crippen molar-refractivity contribution in [1.82, 2.24) is 14.2 Å². The van der Waals surface area contributed by atoms with Gasteiger partial charge < -0.3 is 14.9 Å². The number of pyridine rings is 1. The van der Waals surface area contributed by atoms with Gasteiger partial charge in [0.2, 0.25) is 15.9 Å². The molecule has 180 valence electrons. The minimum atomic E-state index is -3.65. The summed E-state index contributed by atoms with van der Waals surface area (Å²) in [5, 5.41) is 11.2. The van der Waals surface area contributed by atoms with Gasteiger partial charge in [0.15, 0.2) is 0 Å². The number of hydrogen-bond donors (Lipinski definition) is 1. The molecule has 2 aliphatic rings. The average molecular weight is 505 g/mol. The number of carbonyl (C=O) groups excluding carboxylic acids is 1. The van der Waals surface area contributed by atoms with Crippen molar-refractivity contribution in [2.75, 3.05) is 44.2 Å². The van der Waals surface area contributed by atoms with Gasteiger partial charge in [-0.2, -0.15) is 4.31 Å². The summed E-state index contributed by atoms with van der Waals surface area (Å²) < 4.78 is 27.9. The molecule has 0 bridgehead atoms. The van der Waals surface area contributed by atoms with Crippen LogP contribution in [0, 0.1) is 5.92 Å². The van der Waals surface area contributed by atoms with Crippen molar-refractivity contribution in [3.8, 4) is 5.75 Å². The molecule has 0 atom stereocenters. The first-order valence-electron chi connectivity index (χ1n) is 11.6. The third-order valence-electron chi connectivity index (χ3n) is 6.86. The van der Waals surface area contributed by atoms with E-state index >= 15 is 0 Å². The van der Waals surface area contributed by atoms with Crippen molar-refractivity contribution in [2.45, 2.75) is 17.7 Å². The molecule has 2 fully saturated rings. The molecule has 0 aliphatic carbocycles. The summed E-state index contributed by atoms with van der Waals surface area (Å²) >= 11 is 0. The van der Waals surface area contributed by atoms with Crippen LogP contribution in [0.2, 0.25) is 0 Å². The van der Waals surface area contributed by atoms with E-state index in [9.17, 15) is 18.3 Å². The van der Waals surface area contributed by atoms with E-state index in [0.29, 0.717) is 13.1 Å². The average Bonchev–Trinajstić information content (AvgIpc) is 2.88. The fourth-order valence-corrected chi connectivity index (χ4v) is 6.33. The van der Waals surface area contributed by atoms with Gasteiger partial charge in [-0.3, -0.25) is 9.78 Å². The predicted octanol–water partition coefficient (Wildman–Crippen LogP) is 2.04. The molecule has 0 saturated carbocycles. The molecule has 5 rings (SSSR count). The molecular formula is C25H29N4NaO4S. The number of benzene rings is 2. The number of nitrogens with zero attached hydrogens (tertiary/aromatic N) is 4. The van der Waals surface area contributed by atoms with Gasteiger partial charge in [0, 0.05) is 63.3 Å². The summed E-state index contributed by atoms with van der Waals surface area (Å²) in [6.07, 6.45) is 5.16. The maximum absolute atomic E-state index is 13.2. The van der Waals surface area contributed by atoms with Gasteiger partial charge in [0.25, 0.3) is 0 Å². The zero-order chi connectivity index (χ0) is 23.7. The molecule has 35 heavy (non-hydrogen) atoms. The second-order valence-corrected chi connectivity index (χ2v) is 10.8. The van der Waals surface area contributed by atoms with Crippen LogP contribution in [-0.4, -0.2) is 102 Å². The molecular weight excluding hydrogens is 475 g/mol. The number of aromatic nitrogens is 1. The maximum atomic E-state index is 13.2. The van der Waals surface area contributed by atoms with E-state index in [0.717, 1.165) is 42.4 Å². The number of aromatic hydroxyl groups is 1. The standard InChI is InChI=1S/C25H28N4O4S.Na.H/c30-23-3-1-21-18-24(4-2-20(21)17-23)34(32,33)29-15-13-28(14-16-29)25(31)19-7-11-27(12-8-19)22-5-9-26-10-6-22;;/h1-6,9-10,17-19,30H,7-8,11-16H2;;. The van der Waals surface area contributed by atoms with Gasteiger partial charge in [-0.15, -0.1) is 0 Å². The van der Waals surface area contributed by atoms with Crippen LogP contribution in [0.4, 0.5) is 5.69 Å². The molecule has 3 heterocycles. The number of phenolic OH excluding ortho intramolecular Hbond substituents is 1. The van der Waals surface area contributed by atoms with E-state index < -0.39 is 10.0 Å². The molecule has 1 amide bonds. The monoisotopic (exact) mass is 504 g/mol. The molecule has 2 saturated heterocycles. The number of anilines is 1. The first-order chi connectivity index (χ1) is 16.4. The summed E-state index contributed by atoms with van der Waals surface area (Å²) in [7, 11) is -3.65. The zero-order valence-electron chi connectivity index (χ0n) is 18.9. The summed E-state index contributed by atoms with van der Waals surface area (Å²) in [4.78, 5) is 21.5. The van der Waals surface area contributed by atoms with E-state index in [1.165, 1.54) is 4.31 Å². The van der Waals surface area contributed by atoms with Crippen LogP contribution in [0.25, 0.3) is 10.8 Å². The Labute approximate surface area is 227 Å². The summed E-state index contributed by atoms with van der Waals surface area (Å²) in [5.74, 6) is 0.266. The summed E-state index contributed by atoms with van der Waals surface area (Å²) in [6.45, 7) is 3.05. The van der Waals surface area contributed by atoms with Crippen LogP contribution < -0.4 is 4.90 Å². The molecule has 10 heteroatoms. The Balaban J connectivity index is 0.00000289. The molecule has 2 aromatic carbocycles. The molecule has 8 nitrogen and oxygen atoms in total. The zero-order valence-corrected chi connectivity index (χ0v) is 19.7. The predicted molar refractivity (Wildman–Crippen MR) is 137 cm³/mol. The van der Waals surface area contributed by atoms with Crippen molar-refractivity contribution >= 4 is 61.9 Å². The number of fused-ring (bicyclic) bond motifs is 1. The number of carbonyl (C=O) groups is 1. The molecule has 0 unspecified atom stereocenters. The van der Waals surface area contributed by atoms with Crippen molar-refractivity contribution in [3.63, 3.8) is 0 Å². The minimum absolute atomic E-state index is 0. The van der Waals surface area contributed by atoms with Crippen molar-refractivity contribution in [3.05, 3.63) is 60.9 Å². The van der Waals surface area contributed by atoms with E-state index in [4.69, 9.17) is 0 Å². The van der Waals surface area contributed by atoms with Crippen LogP contribution >= 0.6 is 0 Å². The second-order valence-electron chi connectivity index (χ2n) is 8.89. The van der Waals surface area contributed by atoms with Crippen LogP contribution in [0.1, 0.15) is 12.8 Å². The first-order valence-corrected chi connectivity index (χ1v) is 13.0. The number of sulfonamides is 1. The van der Waals surface area contributed by atoms with Crippen molar-refractivity contribution < 1.29 is 18.3 Å². The molecule has 0 spiro atoms. The SMILES string of the molecule is O=C(C1CCN(c2ccncc2)CC1)N1CCN(S(=O)(=O)c2ccc3cc(O)ccc3c2)CC1.[NaH]. The molecule has 0 radical (unpaired) electrons. The van der Waals surface area contributed by atoms with E-state index in [-0.39, 0.29) is 65.1 Å². The van der Waals surface area contributed by atoms with E-state index in [1.54, 1.807) is 48.8 Å². The first kappa shape index (κ1) is 25.9. The van der Waals surface area contributed by atoms with Crippen LogP contribution in [0.3, 0.4) is 0 Å². The van der Waals surface area contributed by atoms with Gasteiger partial charge in [-0.1, -0.05) is 12.1 Å². The second kappa shape index (κ2) is 10.8. The normalized spacial score (nSPS) is 17.8. The van der Waals surface area contributed by atoms with E-state index in [2.05, 4.69) is 9.88 Å². The third-order valence-corrected chi connectivity index (χ3v) is 8.75. The Morgan fingerprint density at radius 2 is 1.49 bits per heavy atom. The Hall–Kier alpha value is -2.17. The summed E-state index contributed by atoms with van der Waals surface area (Å²) in [6, 6.07) is 13.8. The Bertz CT molecular complexity index is 1290. The van der Waals surface area contributed by atoms with Crippen LogP contribution in [0.5, 0.6) is 5.75 Å². The number of piperazine rings is 1. The molecule has 3 aromatic rings. The quantitative estimate of drug-likeness (QED) is 0.547. The van der Waals surface area contributed by atoms with Gasteiger partial charge in [0.1, 0.15) is 5.75 Å². The van der Waals surface area contributed by atoms with Gasteiger partial charge in [-0.05, 0) is 60.0 Å². The number of phenols is 1. The van der Waals surface area contributed by atoms with E-state index in [1.807, 2.05) is 17.0 Å². The Morgan fingerprint density at radius 1 is 0.857 bits per heavy atom. The summed E-state index contributed by atoms with van der Waals surface area (Å²) in [5.41, 5.74) is 1.13. The Morgan fingerprint density at radius 3 is 2.17 bits per heavy atom. The number of hydrogen-bond acceptors (Lipinski definition) is 6. The topological polar surface area (TPSA) is 94.1 Å². The van der Waals surface area contributed by atoms with Crippen molar-refractivity contribution in [1.29, 1.82) is 0 Å². The molecule has 2 aliphatic heterocycles. The number of rotatable bonds is 4. The fraction of sp³-hybridized carbons (Fsp3) is 0.360. The third kappa shape index (κ3) is 5.49. The van der Waals surface area contributed by atoms with Crippen LogP contribution in [0.15, 0.2) is 65.8 Å².